The molecule has 0 fully saturated rings. The van der Waals surface area contributed by atoms with E-state index in [4.69, 9.17) is 18.9 Å². The molecule has 164 valence electrons. The average Bonchev–Trinajstić information content (AvgIpc) is 2.74. The number of sulfonamides is 1. The molecule has 0 radical (unpaired) electrons. The molecule has 0 spiro atoms. The van der Waals surface area contributed by atoms with Crippen molar-refractivity contribution in [2.45, 2.75) is 6.54 Å². The van der Waals surface area contributed by atoms with Crippen LogP contribution in [0.1, 0.15) is 5.56 Å². The van der Waals surface area contributed by atoms with Crippen LogP contribution in [0.2, 0.25) is 0 Å². The first-order valence-corrected chi connectivity index (χ1v) is 10.8. The van der Waals surface area contributed by atoms with E-state index in [9.17, 15) is 13.2 Å². The largest absolute Gasteiger partial charge is 0.493 e. The molecule has 1 N–H and O–H groups in total. The Bertz CT molecular complexity index is 975. The molecule has 0 unspecified atom stereocenters. The molecule has 2 aromatic rings. The van der Waals surface area contributed by atoms with E-state index in [0.29, 0.717) is 28.7 Å². The Morgan fingerprint density at radius 1 is 0.967 bits per heavy atom. The fourth-order valence-corrected chi connectivity index (χ4v) is 3.14. The van der Waals surface area contributed by atoms with Crippen molar-refractivity contribution in [3.8, 4) is 23.0 Å². The summed E-state index contributed by atoms with van der Waals surface area (Å²) >= 11 is 0. The van der Waals surface area contributed by atoms with Gasteiger partial charge >= 0.3 is 0 Å². The van der Waals surface area contributed by atoms with Crippen molar-refractivity contribution in [2.24, 2.45) is 0 Å². The standard InChI is InChI=1S/C20H26N2O7S/c1-22(30(5,24)25)15-7-9-16(10-8-15)29-13-18(23)21-12-14-6-11-17(26-2)20(28-4)19(14)27-3/h6-11H,12-13H2,1-5H3,(H,21,23). The van der Waals surface area contributed by atoms with Gasteiger partial charge in [0.1, 0.15) is 5.75 Å². The summed E-state index contributed by atoms with van der Waals surface area (Å²) in [7, 11) is 2.67. The second-order valence-electron chi connectivity index (χ2n) is 6.28. The predicted octanol–water partition coefficient (Wildman–Crippen LogP) is 1.80. The molecule has 0 saturated carbocycles. The Morgan fingerprint density at radius 2 is 1.60 bits per heavy atom. The fraction of sp³-hybridized carbons (Fsp3) is 0.350. The molecule has 9 nitrogen and oxygen atoms in total. The van der Waals surface area contributed by atoms with Crippen LogP contribution in [0, 0.1) is 0 Å². The van der Waals surface area contributed by atoms with Crippen LogP contribution in [-0.4, -0.2) is 55.6 Å². The summed E-state index contributed by atoms with van der Waals surface area (Å²) in [5.74, 6) is 1.56. The molecule has 1 amide bonds. The Morgan fingerprint density at radius 3 is 2.13 bits per heavy atom. The molecule has 0 atom stereocenters. The van der Waals surface area contributed by atoms with Crippen molar-refractivity contribution in [1.29, 1.82) is 0 Å². The SMILES string of the molecule is COc1ccc(CNC(=O)COc2ccc(N(C)S(C)(=O)=O)cc2)c(OC)c1OC. The van der Waals surface area contributed by atoms with Crippen molar-refractivity contribution in [3.63, 3.8) is 0 Å². The van der Waals surface area contributed by atoms with Crippen LogP contribution in [-0.2, 0) is 21.4 Å². The van der Waals surface area contributed by atoms with E-state index in [1.807, 2.05) is 0 Å². The van der Waals surface area contributed by atoms with Crippen molar-refractivity contribution in [2.75, 3.05) is 45.5 Å². The van der Waals surface area contributed by atoms with E-state index in [2.05, 4.69) is 5.32 Å². The lowest BCUT2D eigenvalue weighted by atomic mass is 10.1. The number of methoxy groups -OCH3 is 3. The van der Waals surface area contributed by atoms with Crippen molar-refractivity contribution in [1.82, 2.24) is 5.32 Å². The number of benzene rings is 2. The summed E-state index contributed by atoms with van der Waals surface area (Å²) < 4.78 is 45.7. The van der Waals surface area contributed by atoms with Crippen LogP contribution in [0.3, 0.4) is 0 Å². The van der Waals surface area contributed by atoms with Crippen molar-refractivity contribution >= 4 is 21.6 Å². The molecule has 0 saturated heterocycles. The third-order valence-electron chi connectivity index (χ3n) is 4.33. The molecular weight excluding hydrogens is 412 g/mol. The third kappa shape index (κ3) is 5.69. The summed E-state index contributed by atoms with van der Waals surface area (Å²) in [4.78, 5) is 12.2. The smallest absolute Gasteiger partial charge is 0.258 e. The van der Waals surface area contributed by atoms with Gasteiger partial charge in [0.2, 0.25) is 15.8 Å². The zero-order valence-electron chi connectivity index (χ0n) is 17.6. The minimum absolute atomic E-state index is 0.198. The van der Waals surface area contributed by atoms with Crippen molar-refractivity contribution < 1.29 is 32.2 Å². The lowest BCUT2D eigenvalue weighted by molar-refractivity contribution is -0.123. The van der Waals surface area contributed by atoms with Gasteiger partial charge in [-0.3, -0.25) is 9.10 Å². The first-order valence-electron chi connectivity index (χ1n) is 8.92. The predicted molar refractivity (Wildman–Crippen MR) is 113 cm³/mol. The normalized spacial score (nSPS) is 10.8. The lowest BCUT2D eigenvalue weighted by Gasteiger charge is -2.17. The molecule has 0 bridgehead atoms. The quantitative estimate of drug-likeness (QED) is 0.603. The maximum absolute atomic E-state index is 12.2. The fourth-order valence-electron chi connectivity index (χ4n) is 2.64. The number of ether oxygens (including phenoxy) is 4. The molecule has 0 aliphatic carbocycles. The van der Waals surface area contributed by atoms with E-state index in [-0.39, 0.29) is 19.1 Å². The number of rotatable bonds is 10. The van der Waals surface area contributed by atoms with Gasteiger partial charge in [-0.05, 0) is 36.4 Å². The highest BCUT2D eigenvalue weighted by molar-refractivity contribution is 7.92. The van der Waals surface area contributed by atoms with Crippen LogP contribution >= 0.6 is 0 Å². The van der Waals surface area contributed by atoms with Gasteiger partial charge in [0.05, 0.1) is 33.3 Å². The first-order chi connectivity index (χ1) is 14.2. The van der Waals surface area contributed by atoms with E-state index >= 15 is 0 Å². The number of carbonyl (C=O) groups excluding carboxylic acids is 1. The van der Waals surface area contributed by atoms with Gasteiger partial charge in [-0.15, -0.1) is 0 Å². The maximum Gasteiger partial charge on any atom is 0.258 e. The molecule has 0 aliphatic heterocycles. The number of hydrogen-bond donors (Lipinski definition) is 1. The van der Waals surface area contributed by atoms with E-state index < -0.39 is 10.0 Å². The highest BCUT2D eigenvalue weighted by Crippen LogP contribution is 2.39. The minimum atomic E-state index is -3.34. The van der Waals surface area contributed by atoms with Gasteiger partial charge in [-0.25, -0.2) is 8.42 Å². The average molecular weight is 439 g/mol. The molecule has 0 aromatic heterocycles. The highest BCUT2D eigenvalue weighted by Gasteiger charge is 2.16. The van der Waals surface area contributed by atoms with E-state index in [1.165, 1.54) is 28.4 Å². The van der Waals surface area contributed by atoms with Gasteiger partial charge < -0.3 is 24.3 Å². The number of amides is 1. The highest BCUT2D eigenvalue weighted by atomic mass is 32.2. The lowest BCUT2D eigenvalue weighted by Crippen LogP contribution is -2.28. The summed E-state index contributed by atoms with van der Waals surface area (Å²) in [5.41, 5.74) is 1.21. The molecule has 30 heavy (non-hydrogen) atoms. The van der Waals surface area contributed by atoms with Crippen LogP contribution in [0.5, 0.6) is 23.0 Å². The number of nitrogens with zero attached hydrogens (tertiary/aromatic N) is 1. The minimum Gasteiger partial charge on any atom is -0.493 e. The maximum atomic E-state index is 12.2. The van der Waals surface area contributed by atoms with Gasteiger partial charge in [-0.1, -0.05) is 0 Å². The second kappa shape index (κ2) is 10.1. The molecular formula is C20H26N2O7S. The number of hydrogen-bond acceptors (Lipinski definition) is 7. The second-order valence-corrected chi connectivity index (χ2v) is 8.30. The Balaban J connectivity index is 1.94. The number of nitrogens with one attached hydrogen (secondary N) is 1. The Hall–Kier alpha value is -3.14. The Labute approximate surface area is 176 Å². The molecule has 0 heterocycles. The summed E-state index contributed by atoms with van der Waals surface area (Å²) in [6, 6.07) is 9.90. The van der Waals surface area contributed by atoms with Crippen LogP contribution in [0.4, 0.5) is 5.69 Å². The topological polar surface area (TPSA) is 103 Å². The van der Waals surface area contributed by atoms with Crippen molar-refractivity contribution in [3.05, 3.63) is 42.0 Å². The summed E-state index contributed by atoms with van der Waals surface area (Å²) in [6.45, 7) is 0.0146. The summed E-state index contributed by atoms with van der Waals surface area (Å²) in [5, 5.41) is 2.75. The number of anilines is 1. The van der Waals surface area contributed by atoms with Crippen LogP contribution in [0.15, 0.2) is 36.4 Å². The van der Waals surface area contributed by atoms with Gasteiger partial charge in [0, 0.05) is 19.2 Å². The van der Waals surface area contributed by atoms with Crippen LogP contribution < -0.4 is 28.6 Å². The summed E-state index contributed by atoms with van der Waals surface area (Å²) in [6.07, 6.45) is 1.12. The van der Waals surface area contributed by atoms with Gasteiger partial charge in [0.15, 0.2) is 18.1 Å². The molecule has 2 rings (SSSR count). The zero-order valence-corrected chi connectivity index (χ0v) is 18.4. The molecule has 0 aliphatic rings. The molecule has 10 heteroatoms. The molecule has 2 aromatic carbocycles. The monoisotopic (exact) mass is 438 g/mol. The van der Waals surface area contributed by atoms with E-state index in [0.717, 1.165) is 16.1 Å². The Kier molecular flexibility index (Phi) is 7.76. The van der Waals surface area contributed by atoms with Crippen LogP contribution in [0.25, 0.3) is 0 Å². The van der Waals surface area contributed by atoms with Gasteiger partial charge in [0.25, 0.3) is 5.91 Å². The zero-order chi connectivity index (χ0) is 22.3. The number of carbonyl (C=O) groups is 1. The van der Waals surface area contributed by atoms with E-state index in [1.54, 1.807) is 36.4 Å². The third-order valence-corrected chi connectivity index (χ3v) is 5.54. The van der Waals surface area contributed by atoms with Gasteiger partial charge in [-0.2, -0.15) is 0 Å². The first kappa shape index (κ1) is 23.1.